The largest absolute Gasteiger partial charge is 0.512 e. The van der Waals surface area contributed by atoms with Gasteiger partial charge in [-0.05, 0) is 78.9 Å². The van der Waals surface area contributed by atoms with Crippen LogP contribution < -0.4 is 4.74 Å². The summed E-state index contributed by atoms with van der Waals surface area (Å²) in [6, 6.07) is 18.8. The summed E-state index contributed by atoms with van der Waals surface area (Å²) in [5, 5.41) is 14.6. The van der Waals surface area contributed by atoms with E-state index in [1.54, 1.807) is 0 Å². The number of aliphatic hydroxyl groups is 1. The van der Waals surface area contributed by atoms with Crippen LogP contribution in [0.2, 0.25) is 0 Å². The molecule has 0 spiro atoms. The van der Waals surface area contributed by atoms with Crippen molar-refractivity contribution < 1.29 is 34.7 Å². The molecule has 1 aliphatic rings. The van der Waals surface area contributed by atoms with Crippen LogP contribution in [0.1, 0.15) is 119 Å². The molecule has 0 atom stereocenters. The Kier molecular flexibility index (Phi) is 13.5. The zero-order valence-electron chi connectivity index (χ0n) is 31.8. The van der Waals surface area contributed by atoms with Gasteiger partial charge in [-0.1, -0.05) is 117 Å². The zero-order valence-corrected chi connectivity index (χ0v) is 34.2. The first-order chi connectivity index (χ1) is 22.6. The molecule has 5 rings (SSSR count). The maximum Gasteiger partial charge on any atom is 0.165 e. The Hall–Kier alpha value is -3.01. The number of hydrogen-bond donors (Lipinski definition) is 1. The van der Waals surface area contributed by atoms with E-state index < -0.39 is 0 Å². The van der Waals surface area contributed by atoms with E-state index in [1.807, 2.05) is 40.8 Å². The van der Waals surface area contributed by atoms with Gasteiger partial charge in [-0.2, -0.15) is 0 Å². The molecule has 1 N–H and O–H groups in total. The molecular formula is C44H58IrNO3-. The normalized spacial score (nSPS) is 13.0. The SMILES string of the molecule is CC(C)(C)Cc1cc2c3c(nccc3c1)-c1[c-]c3ccccc3c(CC(C)(C)C)c1O2.CCC(CC)/C(O)=C/C(=O)C(CC)(CC)CC.[Ir]. The molecule has 4 nitrogen and oxygen atoms in total. The minimum Gasteiger partial charge on any atom is -0.512 e. The van der Waals surface area contributed by atoms with Gasteiger partial charge in [-0.3, -0.25) is 9.78 Å². The van der Waals surface area contributed by atoms with Gasteiger partial charge >= 0.3 is 0 Å². The predicted octanol–water partition coefficient (Wildman–Crippen LogP) is 12.8. The molecule has 4 aromatic rings. The van der Waals surface area contributed by atoms with Gasteiger partial charge in [0.1, 0.15) is 5.75 Å². The number of allylic oxidation sites excluding steroid dienone is 2. The quantitative estimate of drug-likeness (QED) is 0.0864. The summed E-state index contributed by atoms with van der Waals surface area (Å²) in [7, 11) is 0. The van der Waals surface area contributed by atoms with Crippen LogP contribution in [0.25, 0.3) is 32.8 Å². The number of carbonyl (C=O) groups excluding carboxylic acids is 1. The van der Waals surface area contributed by atoms with Crippen molar-refractivity contribution in [2.45, 2.75) is 121 Å². The Morgan fingerprint density at radius 1 is 0.898 bits per heavy atom. The summed E-state index contributed by atoms with van der Waals surface area (Å²) in [5.74, 6) is 2.33. The first kappa shape index (κ1) is 40.4. The van der Waals surface area contributed by atoms with Crippen LogP contribution in [0.15, 0.2) is 60.5 Å². The minimum absolute atomic E-state index is 0. The molecule has 2 heterocycles. The molecule has 0 aliphatic carbocycles. The number of fused-ring (bicyclic) bond motifs is 3. The molecule has 1 radical (unpaired) electrons. The van der Waals surface area contributed by atoms with Gasteiger partial charge in [0.05, 0.1) is 11.5 Å². The third-order valence-electron chi connectivity index (χ3n) is 10.0. The number of carbonyl (C=O) groups is 1. The molecule has 0 bridgehead atoms. The monoisotopic (exact) mass is 841 g/mol. The van der Waals surface area contributed by atoms with E-state index in [4.69, 9.17) is 9.72 Å². The van der Waals surface area contributed by atoms with Gasteiger partial charge in [0.25, 0.3) is 0 Å². The Balaban J connectivity index is 0.000000312. The van der Waals surface area contributed by atoms with Crippen LogP contribution in [0.3, 0.4) is 0 Å². The summed E-state index contributed by atoms with van der Waals surface area (Å²) in [4.78, 5) is 17.1. The van der Waals surface area contributed by atoms with Crippen LogP contribution >= 0.6 is 0 Å². The number of aliphatic hydroxyl groups excluding tert-OH is 1. The molecular weight excluding hydrogens is 783 g/mol. The van der Waals surface area contributed by atoms with Gasteiger partial charge < -0.3 is 9.84 Å². The molecule has 49 heavy (non-hydrogen) atoms. The number of ether oxygens (including phenoxy) is 1. The van der Waals surface area contributed by atoms with Gasteiger partial charge in [-0.15, -0.1) is 17.5 Å². The second kappa shape index (κ2) is 16.3. The van der Waals surface area contributed by atoms with Gasteiger partial charge in [0.2, 0.25) is 0 Å². The molecule has 0 saturated carbocycles. The molecule has 1 aliphatic heterocycles. The van der Waals surface area contributed by atoms with Crippen LogP contribution in [0.5, 0.6) is 11.5 Å². The second-order valence-corrected chi connectivity index (χ2v) is 16.1. The summed E-state index contributed by atoms with van der Waals surface area (Å²) in [5.41, 5.74) is 4.59. The number of rotatable bonds is 10. The molecule has 0 fully saturated rings. The Morgan fingerprint density at radius 3 is 2.08 bits per heavy atom. The number of aromatic nitrogens is 1. The van der Waals surface area contributed by atoms with Crippen molar-refractivity contribution in [1.82, 2.24) is 4.98 Å². The topological polar surface area (TPSA) is 59.4 Å². The Labute approximate surface area is 309 Å². The average molecular weight is 841 g/mol. The fourth-order valence-electron chi connectivity index (χ4n) is 7.12. The van der Waals surface area contributed by atoms with Crippen molar-refractivity contribution in [2.75, 3.05) is 0 Å². The number of benzene rings is 3. The molecule has 0 unspecified atom stereocenters. The van der Waals surface area contributed by atoms with E-state index >= 15 is 0 Å². The molecule has 267 valence electrons. The smallest absolute Gasteiger partial charge is 0.165 e. The van der Waals surface area contributed by atoms with Crippen LogP contribution in [-0.4, -0.2) is 15.9 Å². The van der Waals surface area contributed by atoms with Crippen molar-refractivity contribution >= 4 is 27.3 Å². The number of nitrogens with zero attached hydrogens (tertiary/aromatic N) is 1. The predicted molar refractivity (Wildman–Crippen MR) is 203 cm³/mol. The van der Waals surface area contributed by atoms with E-state index in [0.717, 1.165) is 78.5 Å². The molecule has 3 aromatic carbocycles. The zero-order chi connectivity index (χ0) is 35.4. The Bertz CT molecular complexity index is 1770. The van der Waals surface area contributed by atoms with Crippen LogP contribution in [0.4, 0.5) is 0 Å². The number of hydrogen-bond acceptors (Lipinski definition) is 4. The molecule has 1 aromatic heterocycles. The first-order valence-corrected chi connectivity index (χ1v) is 18.1. The van der Waals surface area contributed by atoms with E-state index in [1.165, 1.54) is 28.0 Å². The second-order valence-electron chi connectivity index (χ2n) is 16.1. The standard InChI is InChI=1S/C29H30NO.C15H28O2.Ir/c1-28(2,3)16-18-13-20-11-12-30-26-22-15-19-9-7-8-10-21(19)23(17-29(4,5)6)27(22)31-24(14-18)25(20)26;1-6-12(7-2)13(16)11-14(17)15(8-3,9-4)10-5;/h7-14H,16-17H2,1-6H3;11-12,16H,6-10H2,1-5H3;/q-1;;/b;13-11-;. The third-order valence-corrected chi connectivity index (χ3v) is 10.0. The van der Waals surface area contributed by atoms with Crippen molar-refractivity contribution in [1.29, 1.82) is 0 Å². The van der Waals surface area contributed by atoms with Crippen molar-refractivity contribution in [3.05, 3.63) is 77.7 Å². The van der Waals surface area contributed by atoms with Gasteiger partial charge in [0.15, 0.2) is 5.78 Å². The fourth-order valence-corrected chi connectivity index (χ4v) is 7.12. The summed E-state index contributed by atoms with van der Waals surface area (Å²) in [6.07, 6.45) is 9.60. The molecule has 0 saturated heterocycles. The maximum atomic E-state index is 12.3. The van der Waals surface area contributed by atoms with Crippen molar-refractivity contribution in [3.63, 3.8) is 0 Å². The van der Waals surface area contributed by atoms with Gasteiger partial charge in [0, 0.05) is 54.8 Å². The van der Waals surface area contributed by atoms with Crippen molar-refractivity contribution in [2.24, 2.45) is 22.2 Å². The van der Waals surface area contributed by atoms with E-state index in [2.05, 4.69) is 90.1 Å². The average Bonchev–Trinajstić information content (AvgIpc) is 3.02. The summed E-state index contributed by atoms with van der Waals surface area (Å²) >= 11 is 0. The summed E-state index contributed by atoms with van der Waals surface area (Å²) < 4.78 is 6.72. The molecule has 0 amide bonds. The fraction of sp³-hybridized carbons (Fsp3) is 0.500. The van der Waals surface area contributed by atoms with E-state index in [9.17, 15) is 9.90 Å². The van der Waals surface area contributed by atoms with Crippen molar-refractivity contribution in [3.8, 4) is 22.8 Å². The molecule has 5 heteroatoms. The maximum absolute atomic E-state index is 12.3. The summed E-state index contributed by atoms with van der Waals surface area (Å²) in [6.45, 7) is 23.9. The number of pyridine rings is 1. The van der Waals surface area contributed by atoms with E-state index in [0.29, 0.717) is 0 Å². The van der Waals surface area contributed by atoms with Crippen LogP contribution in [0, 0.1) is 28.2 Å². The first-order valence-electron chi connectivity index (χ1n) is 18.1. The van der Waals surface area contributed by atoms with Gasteiger partial charge in [-0.25, -0.2) is 0 Å². The Morgan fingerprint density at radius 2 is 1.51 bits per heavy atom. The number of ketones is 1. The van der Waals surface area contributed by atoms with Crippen LogP contribution in [-0.2, 0) is 37.7 Å². The third kappa shape index (κ3) is 9.21. The van der Waals surface area contributed by atoms with E-state index in [-0.39, 0.29) is 53.8 Å². The minimum atomic E-state index is -0.278.